The normalized spacial score (nSPS) is 10.8. The number of nitrogen functional groups attached to an aromatic ring is 1. The van der Waals surface area contributed by atoms with Crippen LogP contribution in [0.2, 0.25) is 12.6 Å². The standard InChI is InChI=1S/C13H22NO2Si/c1-3-9-16-17(2)11-4-10-15-13-7-5-12(14)6-8-13/h5-8H,3-4,9-11,14H2,1-2H3. The maximum Gasteiger partial charge on any atom is 0.208 e. The van der Waals surface area contributed by atoms with Gasteiger partial charge in [-0.1, -0.05) is 6.92 Å². The van der Waals surface area contributed by atoms with Gasteiger partial charge in [0.25, 0.3) is 0 Å². The lowest BCUT2D eigenvalue weighted by atomic mass is 10.3. The van der Waals surface area contributed by atoms with Gasteiger partial charge in [-0.2, -0.15) is 0 Å². The lowest BCUT2D eigenvalue weighted by Crippen LogP contribution is -2.14. The van der Waals surface area contributed by atoms with E-state index in [0.717, 1.165) is 43.5 Å². The quantitative estimate of drug-likeness (QED) is 0.439. The van der Waals surface area contributed by atoms with Gasteiger partial charge in [-0.3, -0.25) is 0 Å². The molecular formula is C13H22NO2Si. The highest BCUT2D eigenvalue weighted by Crippen LogP contribution is 2.13. The predicted molar refractivity (Wildman–Crippen MR) is 73.6 cm³/mol. The van der Waals surface area contributed by atoms with Crippen molar-refractivity contribution in [2.24, 2.45) is 0 Å². The first-order valence-corrected chi connectivity index (χ1v) is 8.27. The molecule has 1 aromatic carbocycles. The van der Waals surface area contributed by atoms with Crippen LogP contribution in [0.1, 0.15) is 19.8 Å². The van der Waals surface area contributed by atoms with E-state index < -0.39 is 9.04 Å². The van der Waals surface area contributed by atoms with E-state index in [2.05, 4.69) is 13.5 Å². The number of hydrogen-bond acceptors (Lipinski definition) is 3. The Labute approximate surface area is 106 Å². The second-order valence-corrected chi connectivity index (χ2v) is 6.26. The van der Waals surface area contributed by atoms with E-state index in [9.17, 15) is 0 Å². The fourth-order valence-electron chi connectivity index (χ4n) is 1.42. The highest BCUT2D eigenvalue weighted by atomic mass is 28.3. The fourth-order valence-corrected chi connectivity index (χ4v) is 2.76. The molecule has 0 fully saturated rings. The van der Waals surface area contributed by atoms with Gasteiger partial charge in [-0.25, -0.2) is 0 Å². The summed E-state index contributed by atoms with van der Waals surface area (Å²) in [4.78, 5) is 0. The zero-order chi connectivity index (χ0) is 12.5. The summed E-state index contributed by atoms with van der Waals surface area (Å²) in [7, 11) is -0.613. The van der Waals surface area contributed by atoms with Gasteiger partial charge in [0.05, 0.1) is 6.61 Å². The van der Waals surface area contributed by atoms with Gasteiger partial charge in [0, 0.05) is 12.3 Å². The van der Waals surface area contributed by atoms with Gasteiger partial charge in [0.15, 0.2) is 0 Å². The molecule has 1 radical (unpaired) electrons. The third-order valence-corrected chi connectivity index (χ3v) is 4.13. The van der Waals surface area contributed by atoms with Gasteiger partial charge in [0.1, 0.15) is 5.75 Å². The Balaban J connectivity index is 2.09. The van der Waals surface area contributed by atoms with Crippen LogP contribution in [0.4, 0.5) is 5.69 Å². The van der Waals surface area contributed by atoms with Crippen LogP contribution < -0.4 is 10.5 Å². The average molecular weight is 252 g/mol. The average Bonchev–Trinajstić information content (AvgIpc) is 2.34. The van der Waals surface area contributed by atoms with E-state index in [0.29, 0.717) is 0 Å². The Hall–Kier alpha value is -1.00. The number of hydrogen-bond donors (Lipinski definition) is 1. The lowest BCUT2D eigenvalue weighted by molar-refractivity contribution is 0.301. The van der Waals surface area contributed by atoms with Crippen LogP contribution >= 0.6 is 0 Å². The van der Waals surface area contributed by atoms with Crippen molar-refractivity contribution in [1.82, 2.24) is 0 Å². The topological polar surface area (TPSA) is 44.5 Å². The summed E-state index contributed by atoms with van der Waals surface area (Å²) < 4.78 is 11.3. The molecule has 17 heavy (non-hydrogen) atoms. The fraction of sp³-hybridized carbons (Fsp3) is 0.538. The molecule has 1 aromatic rings. The van der Waals surface area contributed by atoms with Crippen molar-refractivity contribution in [3.05, 3.63) is 24.3 Å². The monoisotopic (exact) mass is 252 g/mol. The Kier molecular flexibility index (Phi) is 6.73. The molecule has 95 valence electrons. The number of benzene rings is 1. The molecule has 0 spiro atoms. The molecule has 0 saturated carbocycles. The lowest BCUT2D eigenvalue weighted by Gasteiger charge is -2.10. The molecule has 0 amide bonds. The SMILES string of the molecule is CCCO[Si](C)CCCOc1ccc(N)cc1. The molecule has 0 saturated heterocycles. The number of nitrogens with two attached hydrogens (primary N) is 1. The Morgan fingerprint density at radius 3 is 2.53 bits per heavy atom. The summed E-state index contributed by atoms with van der Waals surface area (Å²) in [5, 5.41) is 0. The molecule has 0 aromatic heterocycles. The molecule has 0 bridgehead atoms. The van der Waals surface area contributed by atoms with Crippen LogP contribution in [0.25, 0.3) is 0 Å². The molecule has 4 heteroatoms. The maximum atomic E-state index is 5.69. The second kappa shape index (κ2) is 8.14. The third kappa shape index (κ3) is 6.34. The maximum absolute atomic E-state index is 5.69. The predicted octanol–water partition coefficient (Wildman–Crippen LogP) is 3.09. The van der Waals surface area contributed by atoms with E-state index in [-0.39, 0.29) is 0 Å². The largest absolute Gasteiger partial charge is 0.494 e. The van der Waals surface area contributed by atoms with Crippen LogP contribution in [-0.4, -0.2) is 22.3 Å². The van der Waals surface area contributed by atoms with Crippen molar-refractivity contribution < 1.29 is 9.16 Å². The van der Waals surface area contributed by atoms with Crippen LogP contribution in [0.3, 0.4) is 0 Å². The summed E-state index contributed by atoms with van der Waals surface area (Å²) in [5.41, 5.74) is 6.37. The van der Waals surface area contributed by atoms with Gasteiger partial charge in [-0.05, 0) is 49.7 Å². The first-order valence-electron chi connectivity index (χ1n) is 6.16. The molecule has 0 heterocycles. The third-order valence-electron chi connectivity index (χ3n) is 2.37. The molecule has 3 nitrogen and oxygen atoms in total. The van der Waals surface area contributed by atoms with E-state index in [1.165, 1.54) is 0 Å². The minimum absolute atomic E-state index is 0.613. The number of anilines is 1. The van der Waals surface area contributed by atoms with Crippen molar-refractivity contribution in [2.75, 3.05) is 18.9 Å². The highest BCUT2D eigenvalue weighted by molar-refractivity contribution is 6.50. The first kappa shape index (κ1) is 14.1. The van der Waals surface area contributed by atoms with E-state index in [1.807, 2.05) is 24.3 Å². The van der Waals surface area contributed by atoms with Crippen molar-refractivity contribution in [3.8, 4) is 5.75 Å². The Morgan fingerprint density at radius 2 is 1.88 bits per heavy atom. The highest BCUT2D eigenvalue weighted by Gasteiger charge is 2.05. The van der Waals surface area contributed by atoms with Gasteiger partial charge in [0.2, 0.25) is 9.04 Å². The molecule has 1 rings (SSSR count). The second-order valence-electron chi connectivity index (χ2n) is 4.07. The van der Waals surface area contributed by atoms with Crippen LogP contribution in [0, 0.1) is 0 Å². The van der Waals surface area contributed by atoms with Gasteiger partial charge >= 0.3 is 0 Å². The minimum atomic E-state index is -0.613. The number of rotatable bonds is 8. The number of ether oxygens (including phenoxy) is 1. The molecule has 0 aliphatic heterocycles. The Bertz CT molecular complexity index is 303. The van der Waals surface area contributed by atoms with E-state index in [4.69, 9.17) is 14.9 Å². The summed E-state index contributed by atoms with van der Waals surface area (Å²) in [6, 6.07) is 8.66. The van der Waals surface area contributed by atoms with Crippen molar-refractivity contribution in [1.29, 1.82) is 0 Å². The van der Waals surface area contributed by atoms with Crippen LogP contribution in [0.15, 0.2) is 24.3 Å². The van der Waals surface area contributed by atoms with E-state index >= 15 is 0 Å². The molecule has 0 atom stereocenters. The van der Waals surface area contributed by atoms with Crippen molar-refractivity contribution >= 4 is 14.7 Å². The van der Waals surface area contributed by atoms with Crippen LogP contribution in [-0.2, 0) is 4.43 Å². The Morgan fingerprint density at radius 1 is 1.18 bits per heavy atom. The minimum Gasteiger partial charge on any atom is -0.494 e. The summed E-state index contributed by atoms with van der Waals surface area (Å²) >= 11 is 0. The summed E-state index contributed by atoms with van der Waals surface area (Å²) in [5.74, 6) is 0.888. The van der Waals surface area contributed by atoms with Gasteiger partial charge in [-0.15, -0.1) is 0 Å². The smallest absolute Gasteiger partial charge is 0.208 e. The molecular weight excluding hydrogens is 230 g/mol. The zero-order valence-electron chi connectivity index (χ0n) is 10.7. The molecule has 0 aliphatic rings. The first-order chi connectivity index (χ1) is 8.22. The summed E-state index contributed by atoms with van der Waals surface area (Å²) in [6.45, 7) is 5.99. The molecule has 0 unspecified atom stereocenters. The zero-order valence-corrected chi connectivity index (χ0v) is 11.7. The van der Waals surface area contributed by atoms with E-state index in [1.54, 1.807) is 0 Å². The van der Waals surface area contributed by atoms with Gasteiger partial charge < -0.3 is 14.9 Å². The summed E-state index contributed by atoms with van der Waals surface area (Å²) in [6.07, 6.45) is 2.16. The van der Waals surface area contributed by atoms with Crippen molar-refractivity contribution in [3.63, 3.8) is 0 Å². The van der Waals surface area contributed by atoms with Crippen LogP contribution in [0.5, 0.6) is 5.75 Å². The molecule has 0 aliphatic carbocycles. The van der Waals surface area contributed by atoms with Crippen molar-refractivity contribution in [2.45, 2.75) is 32.4 Å². The molecule has 2 N–H and O–H groups in total.